The first kappa shape index (κ1) is 52.4. The van der Waals surface area contributed by atoms with Crippen LogP contribution in [0.25, 0.3) is 0 Å². The second-order valence-electron chi connectivity index (χ2n) is 16.5. The van der Waals surface area contributed by atoms with Gasteiger partial charge >= 0.3 is 11.9 Å². The molecule has 0 aromatic rings. The molecule has 0 saturated heterocycles. The second-order valence-corrected chi connectivity index (χ2v) is 16.5. The highest BCUT2D eigenvalue weighted by Crippen LogP contribution is 2.20. The monoisotopic (exact) mass is 765 g/mol. The number of aliphatic carboxylic acids is 1. The molecule has 0 bridgehead atoms. The van der Waals surface area contributed by atoms with Crippen LogP contribution in [0.2, 0.25) is 0 Å². The predicted octanol–water partition coefficient (Wildman–Crippen LogP) is 13.7. The third-order valence-electron chi connectivity index (χ3n) is 11.2. The van der Waals surface area contributed by atoms with Crippen LogP contribution in [0, 0.1) is 0 Å². The maximum atomic E-state index is 12.8. The number of rotatable bonds is 44. The van der Waals surface area contributed by atoms with Crippen molar-refractivity contribution in [1.29, 1.82) is 0 Å². The van der Waals surface area contributed by atoms with Crippen molar-refractivity contribution >= 4 is 17.8 Å². The van der Waals surface area contributed by atoms with Crippen molar-refractivity contribution in [2.75, 3.05) is 6.54 Å². The molecule has 2 atom stereocenters. The van der Waals surface area contributed by atoms with Crippen LogP contribution in [0.4, 0.5) is 0 Å². The first-order valence-corrected chi connectivity index (χ1v) is 23.9. The first-order chi connectivity index (χ1) is 26.4. The van der Waals surface area contributed by atoms with Gasteiger partial charge in [0.15, 0.2) is 0 Å². The van der Waals surface area contributed by atoms with Crippen molar-refractivity contribution in [1.82, 2.24) is 5.32 Å². The van der Waals surface area contributed by atoms with Crippen LogP contribution in [0.5, 0.6) is 0 Å². The molecular weight excluding hydrogens is 673 g/mol. The smallest absolute Gasteiger partial charge is 0.326 e. The number of esters is 1. The van der Waals surface area contributed by atoms with E-state index < -0.39 is 12.0 Å². The van der Waals surface area contributed by atoms with Gasteiger partial charge in [0.05, 0.1) is 0 Å². The number of amides is 1. The highest BCUT2D eigenvalue weighted by atomic mass is 16.5. The summed E-state index contributed by atoms with van der Waals surface area (Å²) >= 11 is 0. The van der Waals surface area contributed by atoms with Gasteiger partial charge in [0.2, 0.25) is 5.91 Å². The summed E-state index contributed by atoms with van der Waals surface area (Å²) in [7, 11) is 0. The van der Waals surface area contributed by atoms with Gasteiger partial charge in [0.25, 0.3) is 0 Å². The summed E-state index contributed by atoms with van der Waals surface area (Å²) in [5, 5.41) is 12.0. The lowest BCUT2D eigenvalue weighted by molar-refractivity contribution is -0.150. The van der Waals surface area contributed by atoms with Crippen LogP contribution in [0.1, 0.15) is 264 Å². The Balaban J connectivity index is 4.26. The number of carbonyl (C=O) groups is 3. The van der Waals surface area contributed by atoms with Crippen molar-refractivity contribution < 1.29 is 24.2 Å². The van der Waals surface area contributed by atoms with Gasteiger partial charge in [0.1, 0.15) is 12.1 Å². The van der Waals surface area contributed by atoms with Gasteiger partial charge in [-0.2, -0.15) is 0 Å². The Hall–Kier alpha value is -1.63. The van der Waals surface area contributed by atoms with Crippen LogP contribution in [-0.2, 0) is 19.1 Å². The summed E-state index contributed by atoms with van der Waals surface area (Å²) in [5.74, 6) is -1.21. The van der Waals surface area contributed by atoms with Crippen molar-refractivity contribution in [3.63, 3.8) is 0 Å². The SMILES string of the molecule is CCCCCCCCCCCCCCCCCC(=O)OC(CCCCCCCCCCCCCCC)CCCCCCCC(=O)NC(CCCN)C(=O)O. The Kier molecular flexibility index (Phi) is 41.2. The molecule has 0 aliphatic carbocycles. The minimum absolute atomic E-state index is 0.0125. The standard InChI is InChI=1S/C47H92N2O5/c1-3-5-7-9-11-13-15-17-18-20-22-24-26-31-35-41-46(51)54-43(37-32-28-25-23-21-19-16-14-12-10-8-6-4-2)38-33-29-27-30-34-40-45(50)49-44(47(52)53)39-36-42-48/h43-44H,3-42,48H2,1-2H3,(H,49,50)(H,52,53). The Morgan fingerprint density at radius 1 is 0.463 bits per heavy atom. The molecule has 0 heterocycles. The van der Waals surface area contributed by atoms with Crippen molar-refractivity contribution in [2.24, 2.45) is 5.73 Å². The summed E-state index contributed by atoms with van der Waals surface area (Å²) in [6.45, 7) is 4.97. The van der Waals surface area contributed by atoms with E-state index >= 15 is 0 Å². The fourth-order valence-electron chi connectivity index (χ4n) is 7.57. The van der Waals surface area contributed by atoms with Gasteiger partial charge in [0, 0.05) is 12.8 Å². The molecule has 0 fully saturated rings. The molecule has 7 heteroatoms. The number of nitrogens with one attached hydrogen (secondary N) is 1. The van der Waals surface area contributed by atoms with Gasteiger partial charge in [-0.3, -0.25) is 9.59 Å². The third kappa shape index (κ3) is 38.6. The average molecular weight is 765 g/mol. The van der Waals surface area contributed by atoms with E-state index in [9.17, 15) is 19.5 Å². The van der Waals surface area contributed by atoms with E-state index in [1.807, 2.05) is 0 Å². The Morgan fingerprint density at radius 2 is 0.796 bits per heavy atom. The maximum absolute atomic E-state index is 12.8. The molecule has 0 rings (SSSR count). The molecule has 0 aliphatic rings. The number of nitrogens with two attached hydrogens (primary N) is 1. The van der Waals surface area contributed by atoms with Gasteiger partial charge in [-0.05, 0) is 57.9 Å². The van der Waals surface area contributed by atoms with Crippen molar-refractivity contribution in [3.05, 3.63) is 0 Å². The molecule has 1 amide bonds. The van der Waals surface area contributed by atoms with E-state index in [-0.39, 0.29) is 18.0 Å². The minimum atomic E-state index is -0.999. The molecular formula is C47H92N2O5. The summed E-state index contributed by atoms with van der Waals surface area (Å²) in [6.07, 6.45) is 45.8. The molecule has 0 radical (unpaired) electrons. The molecule has 4 N–H and O–H groups in total. The molecule has 54 heavy (non-hydrogen) atoms. The zero-order chi connectivity index (χ0) is 39.6. The van der Waals surface area contributed by atoms with Crippen LogP contribution in [-0.4, -0.2) is 41.6 Å². The third-order valence-corrected chi connectivity index (χ3v) is 11.2. The lowest BCUT2D eigenvalue weighted by Gasteiger charge is -2.18. The van der Waals surface area contributed by atoms with Gasteiger partial charge in [-0.15, -0.1) is 0 Å². The fraction of sp³-hybridized carbons (Fsp3) is 0.936. The molecule has 0 spiro atoms. The molecule has 320 valence electrons. The number of carboxylic acid groups (broad SMARTS) is 1. The first-order valence-electron chi connectivity index (χ1n) is 23.9. The lowest BCUT2D eigenvalue weighted by atomic mass is 10.0. The molecule has 0 aliphatic heterocycles. The zero-order valence-corrected chi connectivity index (χ0v) is 36.1. The quantitative estimate of drug-likeness (QED) is 0.0420. The van der Waals surface area contributed by atoms with Gasteiger partial charge in [-0.1, -0.05) is 200 Å². The number of hydrogen-bond donors (Lipinski definition) is 3. The van der Waals surface area contributed by atoms with Crippen LogP contribution in [0.3, 0.4) is 0 Å². The summed E-state index contributed by atoms with van der Waals surface area (Å²) < 4.78 is 6.07. The molecule has 0 saturated carbocycles. The number of carbonyl (C=O) groups excluding carboxylic acids is 2. The topological polar surface area (TPSA) is 119 Å². The van der Waals surface area contributed by atoms with Gasteiger partial charge < -0.3 is 20.9 Å². The number of carboxylic acids is 1. The van der Waals surface area contributed by atoms with Crippen molar-refractivity contribution in [2.45, 2.75) is 276 Å². The molecule has 0 aromatic carbocycles. The largest absolute Gasteiger partial charge is 0.480 e. The van der Waals surface area contributed by atoms with Crippen LogP contribution >= 0.6 is 0 Å². The van der Waals surface area contributed by atoms with Gasteiger partial charge in [-0.25, -0.2) is 4.79 Å². The summed E-state index contributed by atoms with van der Waals surface area (Å²) in [4.78, 5) is 36.4. The van der Waals surface area contributed by atoms with Crippen molar-refractivity contribution in [3.8, 4) is 0 Å². The van der Waals surface area contributed by atoms with E-state index in [1.165, 1.54) is 161 Å². The van der Waals surface area contributed by atoms with E-state index in [1.54, 1.807) is 0 Å². The maximum Gasteiger partial charge on any atom is 0.326 e. The highest BCUT2D eigenvalue weighted by Gasteiger charge is 2.19. The highest BCUT2D eigenvalue weighted by molar-refractivity contribution is 5.83. The average Bonchev–Trinajstić information content (AvgIpc) is 3.16. The van der Waals surface area contributed by atoms with Crippen LogP contribution < -0.4 is 11.1 Å². The Morgan fingerprint density at radius 3 is 1.15 bits per heavy atom. The molecule has 0 aromatic heterocycles. The van der Waals surface area contributed by atoms with E-state index in [2.05, 4.69) is 19.2 Å². The van der Waals surface area contributed by atoms with E-state index in [0.717, 1.165) is 64.2 Å². The Labute approximate surface area is 335 Å². The molecule has 2 unspecified atom stereocenters. The fourth-order valence-corrected chi connectivity index (χ4v) is 7.57. The molecule has 7 nitrogen and oxygen atoms in total. The van der Waals surface area contributed by atoms with E-state index in [0.29, 0.717) is 32.2 Å². The van der Waals surface area contributed by atoms with Crippen LogP contribution in [0.15, 0.2) is 0 Å². The van der Waals surface area contributed by atoms with E-state index in [4.69, 9.17) is 10.5 Å². The predicted molar refractivity (Wildman–Crippen MR) is 230 cm³/mol. The Bertz CT molecular complexity index is 822. The second kappa shape index (κ2) is 42.5. The number of hydrogen-bond acceptors (Lipinski definition) is 5. The summed E-state index contributed by atoms with van der Waals surface area (Å²) in [5.41, 5.74) is 5.49. The minimum Gasteiger partial charge on any atom is -0.480 e. The number of unbranched alkanes of at least 4 members (excludes halogenated alkanes) is 30. The lowest BCUT2D eigenvalue weighted by Crippen LogP contribution is -2.40. The zero-order valence-electron chi connectivity index (χ0n) is 36.1. The summed E-state index contributed by atoms with van der Waals surface area (Å²) in [6, 6.07) is -0.852. The normalized spacial score (nSPS) is 12.5. The number of ether oxygens (including phenoxy) is 1.